The van der Waals surface area contributed by atoms with Crippen LogP contribution in [-0.4, -0.2) is 48.0 Å². The Labute approximate surface area is 100 Å². The van der Waals surface area contributed by atoms with Crippen LogP contribution in [0.4, 0.5) is 4.79 Å². The Morgan fingerprint density at radius 2 is 1.88 bits per heavy atom. The average molecular weight is 247 g/mol. The highest BCUT2D eigenvalue weighted by Gasteiger charge is 2.28. The monoisotopic (exact) mass is 247 g/mol. The van der Waals surface area contributed by atoms with Crippen LogP contribution in [0.15, 0.2) is 0 Å². The molecule has 0 radical (unpaired) electrons. The average Bonchev–Trinajstić information content (AvgIpc) is 2.11. The van der Waals surface area contributed by atoms with E-state index in [9.17, 15) is 9.59 Å². The molecule has 0 aromatic rings. The van der Waals surface area contributed by atoms with Gasteiger partial charge in [-0.1, -0.05) is 0 Å². The van der Waals surface area contributed by atoms with Crippen molar-refractivity contribution in [2.75, 3.05) is 7.11 Å². The minimum Gasteiger partial charge on any atom is -0.468 e. The molecule has 0 aromatic carbocycles. The number of methoxy groups -OCH3 is 1. The van der Waals surface area contributed by atoms with Crippen LogP contribution in [0, 0.1) is 0 Å². The molecule has 1 atom stereocenters. The summed E-state index contributed by atoms with van der Waals surface area (Å²) >= 11 is 0. The van der Waals surface area contributed by atoms with Gasteiger partial charge in [-0.25, -0.2) is 9.59 Å². The van der Waals surface area contributed by atoms with Gasteiger partial charge in [-0.2, -0.15) is 0 Å². The summed E-state index contributed by atoms with van der Waals surface area (Å²) < 4.78 is 9.34. The van der Waals surface area contributed by atoms with Crippen LogP contribution in [0.2, 0.25) is 6.32 Å². The lowest BCUT2D eigenvalue weighted by Crippen LogP contribution is -2.45. The SMILES string of the molecule is COC(=O)C(CB(O)O)NC(=O)OC(C)(C)C. The van der Waals surface area contributed by atoms with Crippen LogP contribution in [0.25, 0.3) is 0 Å². The number of amides is 1. The smallest absolute Gasteiger partial charge is 0.454 e. The second-order valence-electron chi connectivity index (χ2n) is 4.44. The van der Waals surface area contributed by atoms with Crippen molar-refractivity contribution in [2.45, 2.75) is 38.7 Å². The molecule has 0 heterocycles. The summed E-state index contributed by atoms with van der Waals surface area (Å²) in [7, 11) is -0.593. The van der Waals surface area contributed by atoms with Crippen LogP contribution in [-0.2, 0) is 14.3 Å². The fraction of sp³-hybridized carbons (Fsp3) is 0.778. The standard InChI is InChI=1S/C9H18BNO6/c1-9(2,3)17-8(13)11-6(5-10(14)15)7(12)16-4/h6,14-15H,5H2,1-4H3,(H,11,13). The molecule has 0 aliphatic rings. The van der Waals surface area contributed by atoms with Crippen molar-refractivity contribution in [1.82, 2.24) is 5.32 Å². The lowest BCUT2D eigenvalue weighted by atomic mass is 9.82. The number of carbonyl (C=O) groups excluding carboxylic acids is 2. The number of esters is 1. The molecule has 17 heavy (non-hydrogen) atoms. The summed E-state index contributed by atoms with van der Waals surface area (Å²) in [4.78, 5) is 22.6. The number of nitrogens with one attached hydrogen (secondary N) is 1. The highest BCUT2D eigenvalue weighted by atomic mass is 16.6. The first-order valence-electron chi connectivity index (χ1n) is 5.09. The number of alkyl carbamates (subject to hydrolysis) is 1. The molecule has 1 amide bonds. The van der Waals surface area contributed by atoms with Crippen molar-refractivity contribution in [1.29, 1.82) is 0 Å². The molecule has 0 aromatic heterocycles. The normalized spacial score (nSPS) is 12.6. The van der Waals surface area contributed by atoms with E-state index in [-0.39, 0.29) is 6.32 Å². The van der Waals surface area contributed by atoms with Crippen LogP contribution in [0.1, 0.15) is 20.8 Å². The molecule has 0 spiro atoms. The van der Waals surface area contributed by atoms with Gasteiger partial charge in [0.25, 0.3) is 0 Å². The molecule has 1 unspecified atom stereocenters. The molecule has 0 saturated heterocycles. The fourth-order valence-electron chi connectivity index (χ4n) is 1.02. The third kappa shape index (κ3) is 7.59. The third-order valence-electron chi connectivity index (χ3n) is 1.62. The van der Waals surface area contributed by atoms with E-state index in [1.165, 1.54) is 0 Å². The van der Waals surface area contributed by atoms with E-state index < -0.39 is 30.8 Å². The van der Waals surface area contributed by atoms with Crippen LogP contribution >= 0.6 is 0 Å². The molecule has 0 bridgehead atoms. The Balaban J connectivity index is 4.43. The summed E-state index contributed by atoms with van der Waals surface area (Å²) in [6.45, 7) is 5.00. The highest BCUT2D eigenvalue weighted by Crippen LogP contribution is 2.07. The van der Waals surface area contributed by atoms with Gasteiger partial charge in [-0.05, 0) is 20.8 Å². The quantitative estimate of drug-likeness (QED) is 0.458. The van der Waals surface area contributed by atoms with Crippen molar-refractivity contribution in [3.05, 3.63) is 0 Å². The topological polar surface area (TPSA) is 105 Å². The second kappa shape index (κ2) is 6.46. The molecule has 0 aliphatic carbocycles. The van der Waals surface area contributed by atoms with Crippen molar-refractivity contribution in [3.8, 4) is 0 Å². The molecule has 3 N–H and O–H groups in total. The Morgan fingerprint density at radius 1 is 1.35 bits per heavy atom. The van der Waals surface area contributed by atoms with Gasteiger partial charge in [0.2, 0.25) is 0 Å². The van der Waals surface area contributed by atoms with E-state index in [2.05, 4.69) is 10.1 Å². The summed E-state index contributed by atoms with van der Waals surface area (Å²) in [5, 5.41) is 19.7. The van der Waals surface area contributed by atoms with Crippen LogP contribution < -0.4 is 5.32 Å². The highest BCUT2D eigenvalue weighted by molar-refractivity contribution is 6.41. The molecular weight excluding hydrogens is 229 g/mol. The Kier molecular flexibility index (Phi) is 5.97. The predicted molar refractivity (Wildman–Crippen MR) is 60.2 cm³/mol. The summed E-state index contributed by atoms with van der Waals surface area (Å²) in [6.07, 6.45) is -1.19. The molecule has 7 nitrogen and oxygen atoms in total. The Bertz CT molecular complexity index is 275. The first-order chi connectivity index (χ1) is 7.65. The lowest BCUT2D eigenvalue weighted by molar-refractivity contribution is -0.142. The zero-order chi connectivity index (χ0) is 13.6. The Hall–Kier alpha value is -1.28. The molecule has 0 fully saturated rings. The number of rotatable bonds is 4. The van der Waals surface area contributed by atoms with Gasteiger partial charge < -0.3 is 24.8 Å². The van der Waals surface area contributed by atoms with Gasteiger partial charge in [-0.3, -0.25) is 0 Å². The van der Waals surface area contributed by atoms with Crippen LogP contribution in [0.3, 0.4) is 0 Å². The maximum absolute atomic E-state index is 11.4. The van der Waals surface area contributed by atoms with Gasteiger partial charge >= 0.3 is 19.2 Å². The lowest BCUT2D eigenvalue weighted by Gasteiger charge is -2.22. The minimum atomic E-state index is -1.73. The van der Waals surface area contributed by atoms with Gasteiger partial charge in [0.15, 0.2) is 0 Å². The molecule has 0 rings (SSSR count). The van der Waals surface area contributed by atoms with Crippen molar-refractivity contribution >= 4 is 19.2 Å². The molecule has 98 valence electrons. The maximum atomic E-state index is 11.4. The zero-order valence-electron chi connectivity index (χ0n) is 10.4. The van der Waals surface area contributed by atoms with Gasteiger partial charge in [0.05, 0.1) is 7.11 Å². The second-order valence-corrected chi connectivity index (χ2v) is 4.44. The number of hydrogen-bond donors (Lipinski definition) is 3. The predicted octanol–water partition coefficient (Wildman–Crippen LogP) is -0.475. The maximum Gasteiger partial charge on any atom is 0.454 e. The van der Waals surface area contributed by atoms with E-state index in [1.807, 2.05) is 0 Å². The van der Waals surface area contributed by atoms with E-state index in [4.69, 9.17) is 14.8 Å². The third-order valence-corrected chi connectivity index (χ3v) is 1.62. The number of hydrogen-bond acceptors (Lipinski definition) is 6. The van der Waals surface area contributed by atoms with Gasteiger partial charge in [0, 0.05) is 6.32 Å². The van der Waals surface area contributed by atoms with E-state index in [1.54, 1.807) is 20.8 Å². The van der Waals surface area contributed by atoms with Gasteiger partial charge in [0.1, 0.15) is 11.6 Å². The molecule has 0 aliphatic heterocycles. The fourth-order valence-corrected chi connectivity index (χ4v) is 1.02. The number of carbonyl (C=O) groups is 2. The molecule has 0 saturated carbocycles. The van der Waals surface area contributed by atoms with Crippen molar-refractivity contribution < 1.29 is 29.1 Å². The first-order valence-corrected chi connectivity index (χ1v) is 5.09. The van der Waals surface area contributed by atoms with Crippen molar-refractivity contribution in [2.24, 2.45) is 0 Å². The van der Waals surface area contributed by atoms with Gasteiger partial charge in [-0.15, -0.1) is 0 Å². The Morgan fingerprint density at radius 3 is 2.24 bits per heavy atom. The largest absolute Gasteiger partial charge is 0.468 e. The van der Waals surface area contributed by atoms with Crippen LogP contribution in [0.5, 0.6) is 0 Å². The van der Waals surface area contributed by atoms with E-state index in [0.717, 1.165) is 7.11 Å². The first kappa shape index (κ1) is 15.7. The van der Waals surface area contributed by atoms with E-state index in [0.29, 0.717) is 0 Å². The van der Waals surface area contributed by atoms with Crippen molar-refractivity contribution in [3.63, 3.8) is 0 Å². The summed E-state index contributed by atoms with van der Waals surface area (Å²) in [5.74, 6) is -0.774. The minimum absolute atomic E-state index is 0.369. The van der Waals surface area contributed by atoms with E-state index >= 15 is 0 Å². The zero-order valence-corrected chi connectivity index (χ0v) is 10.4. The number of ether oxygens (including phenoxy) is 2. The summed E-state index contributed by atoms with van der Waals surface area (Å²) in [5.41, 5.74) is -0.706. The summed E-state index contributed by atoms with van der Waals surface area (Å²) in [6, 6.07) is -1.16. The molecule has 8 heteroatoms. The molecular formula is C9H18BNO6.